The molecule has 0 bridgehead atoms. The summed E-state index contributed by atoms with van der Waals surface area (Å²) in [5, 5.41) is 0. The van der Waals surface area contributed by atoms with Crippen molar-refractivity contribution in [2.45, 2.75) is 65.8 Å². The highest BCUT2D eigenvalue weighted by atomic mass is 15.2. The fraction of sp³-hybridized carbons (Fsp3) is 0.647. The molecule has 0 saturated heterocycles. The molecule has 19 heavy (non-hydrogen) atoms. The Morgan fingerprint density at radius 3 is 2.21 bits per heavy atom. The Kier molecular flexibility index (Phi) is 7.11. The summed E-state index contributed by atoms with van der Waals surface area (Å²) < 4.78 is 0. The van der Waals surface area contributed by atoms with E-state index < -0.39 is 0 Å². The Labute approximate surface area is 118 Å². The van der Waals surface area contributed by atoms with Crippen LogP contribution in [0.15, 0.2) is 18.2 Å². The summed E-state index contributed by atoms with van der Waals surface area (Å²) in [5.74, 6) is 6.47. The van der Waals surface area contributed by atoms with Crippen LogP contribution >= 0.6 is 0 Å². The van der Waals surface area contributed by atoms with E-state index >= 15 is 0 Å². The molecule has 2 heteroatoms. The van der Waals surface area contributed by atoms with E-state index in [4.69, 9.17) is 5.84 Å². The van der Waals surface area contributed by atoms with Gasteiger partial charge in [-0.25, -0.2) is 0 Å². The average Bonchev–Trinajstić information content (AvgIpc) is 2.36. The molecule has 1 rings (SSSR count). The highest BCUT2D eigenvalue weighted by molar-refractivity contribution is 5.29. The molecular formula is C17H30N2. The number of nitrogens with two attached hydrogens (primary N) is 1. The first-order chi connectivity index (χ1) is 9.10. The van der Waals surface area contributed by atoms with Crippen LogP contribution in [0, 0.1) is 19.8 Å². The van der Waals surface area contributed by atoms with Gasteiger partial charge >= 0.3 is 0 Å². The monoisotopic (exact) mass is 262 g/mol. The van der Waals surface area contributed by atoms with Crippen LogP contribution < -0.4 is 11.3 Å². The maximum atomic E-state index is 5.79. The van der Waals surface area contributed by atoms with Crippen LogP contribution in [0.1, 0.15) is 56.2 Å². The lowest BCUT2D eigenvalue weighted by atomic mass is 9.87. The summed E-state index contributed by atoms with van der Waals surface area (Å²) in [4.78, 5) is 0. The van der Waals surface area contributed by atoms with E-state index in [1.807, 2.05) is 0 Å². The topological polar surface area (TPSA) is 38.0 Å². The normalized spacial score (nSPS) is 14.4. The van der Waals surface area contributed by atoms with Crippen molar-refractivity contribution in [3.63, 3.8) is 0 Å². The quantitative estimate of drug-likeness (QED) is 0.551. The minimum Gasteiger partial charge on any atom is -0.271 e. The molecule has 2 unspecified atom stereocenters. The molecule has 3 N–H and O–H groups in total. The number of unbranched alkanes of at least 4 members (excludes halogenated alkanes) is 1. The smallest absolute Gasteiger partial charge is 0.0279 e. The second-order valence-electron chi connectivity index (χ2n) is 5.78. The Bertz CT molecular complexity index is 353. The van der Waals surface area contributed by atoms with Crippen molar-refractivity contribution in [1.82, 2.24) is 5.43 Å². The molecular weight excluding hydrogens is 232 g/mol. The van der Waals surface area contributed by atoms with Gasteiger partial charge in [0.05, 0.1) is 0 Å². The van der Waals surface area contributed by atoms with E-state index in [0.717, 1.165) is 6.42 Å². The Balaban J connectivity index is 2.73. The predicted octanol–water partition coefficient (Wildman–Crippen LogP) is 3.89. The lowest BCUT2D eigenvalue weighted by molar-refractivity contribution is 0.318. The van der Waals surface area contributed by atoms with Crippen LogP contribution in [-0.2, 0) is 6.42 Å². The van der Waals surface area contributed by atoms with Gasteiger partial charge in [0.25, 0.3) is 0 Å². The van der Waals surface area contributed by atoms with Crippen molar-refractivity contribution >= 4 is 0 Å². The fourth-order valence-corrected chi connectivity index (χ4v) is 2.96. The van der Waals surface area contributed by atoms with Gasteiger partial charge in [-0.2, -0.15) is 0 Å². The van der Waals surface area contributed by atoms with Crippen LogP contribution in [0.3, 0.4) is 0 Å². The number of hydrazine groups is 1. The standard InChI is InChI=1S/C17H30N2/c1-5-7-8-16(6-2)17(19-18)12-15-10-13(3)9-14(4)11-15/h9-11,16-17,19H,5-8,12,18H2,1-4H3. The van der Waals surface area contributed by atoms with E-state index in [0.29, 0.717) is 12.0 Å². The van der Waals surface area contributed by atoms with Gasteiger partial charge in [0, 0.05) is 6.04 Å². The number of hydrogen-bond acceptors (Lipinski definition) is 2. The van der Waals surface area contributed by atoms with Crippen molar-refractivity contribution in [2.75, 3.05) is 0 Å². The third-order valence-corrected chi connectivity index (χ3v) is 3.97. The average molecular weight is 262 g/mol. The highest BCUT2D eigenvalue weighted by Gasteiger charge is 2.18. The zero-order chi connectivity index (χ0) is 14.3. The highest BCUT2D eigenvalue weighted by Crippen LogP contribution is 2.21. The van der Waals surface area contributed by atoms with E-state index in [1.165, 1.54) is 42.4 Å². The SMILES string of the molecule is CCCCC(CC)C(Cc1cc(C)cc(C)c1)NN. The summed E-state index contributed by atoms with van der Waals surface area (Å²) in [7, 11) is 0. The van der Waals surface area contributed by atoms with Gasteiger partial charge < -0.3 is 0 Å². The van der Waals surface area contributed by atoms with Gasteiger partial charge in [0.1, 0.15) is 0 Å². The lowest BCUT2D eigenvalue weighted by Crippen LogP contribution is -2.42. The number of rotatable bonds is 8. The molecule has 2 atom stereocenters. The number of benzene rings is 1. The molecule has 108 valence electrons. The number of nitrogens with one attached hydrogen (secondary N) is 1. The molecule has 0 aliphatic heterocycles. The van der Waals surface area contributed by atoms with E-state index in [1.54, 1.807) is 0 Å². The molecule has 2 nitrogen and oxygen atoms in total. The molecule has 0 amide bonds. The summed E-state index contributed by atoms with van der Waals surface area (Å²) in [6, 6.07) is 7.18. The van der Waals surface area contributed by atoms with Gasteiger partial charge in [0.2, 0.25) is 0 Å². The minimum absolute atomic E-state index is 0.387. The van der Waals surface area contributed by atoms with E-state index in [2.05, 4.69) is 51.3 Å². The van der Waals surface area contributed by atoms with Crippen LogP contribution in [0.5, 0.6) is 0 Å². The predicted molar refractivity (Wildman–Crippen MR) is 84.0 cm³/mol. The van der Waals surface area contributed by atoms with Gasteiger partial charge in [-0.3, -0.25) is 11.3 Å². The largest absolute Gasteiger partial charge is 0.271 e. The maximum Gasteiger partial charge on any atom is 0.0279 e. The van der Waals surface area contributed by atoms with Crippen LogP contribution in [0.2, 0.25) is 0 Å². The minimum atomic E-state index is 0.387. The molecule has 0 aliphatic carbocycles. The zero-order valence-corrected chi connectivity index (χ0v) is 13.0. The molecule has 0 spiro atoms. The zero-order valence-electron chi connectivity index (χ0n) is 13.0. The maximum absolute atomic E-state index is 5.79. The molecule has 1 aromatic carbocycles. The fourth-order valence-electron chi connectivity index (χ4n) is 2.96. The molecule has 0 aromatic heterocycles. The molecule has 0 heterocycles. The lowest BCUT2D eigenvalue weighted by Gasteiger charge is -2.26. The van der Waals surface area contributed by atoms with Crippen LogP contribution in [0.4, 0.5) is 0 Å². The molecule has 0 aliphatic rings. The molecule has 0 radical (unpaired) electrons. The molecule has 0 fully saturated rings. The first-order valence-electron chi connectivity index (χ1n) is 7.64. The molecule has 0 saturated carbocycles. The van der Waals surface area contributed by atoms with E-state index in [9.17, 15) is 0 Å². The van der Waals surface area contributed by atoms with Crippen LogP contribution in [-0.4, -0.2) is 6.04 Å². The van der Waals surface area contributed by atoms with Crippen molar-refractivity contribution in [3.8, 4) is 0 Å². The van der Waals surface area contributed by atoms with Crippen molar-refractivity contribution in [2.24, 2.45) is 11.8 Å². The van der Waals surface area contributed by atoms with Gasteiger partial charge in [-0.15, -0.1) is 0 Å². The van der Waals surface area contributed by atoms with Gasteiger partial charge in [-0.1, -0.05) is 62.4 Å². The van der Waals surface area contributed by atoms with Crippen molar-refractivity contribution in [1.29, 1.82) is 0 Å². The van der Waals surface area contributed by atoms with E-state index in [-0.39, 0.29) is 0 Å². The number of aryl methyl sites for hydroxylation is 2. The third-order valence-electron chi connectivity index (χ3n) is 3.97. The van der Waals surface area contributed by atoms with Crippen LogP contribution in [0.25, 0.3) is 0 Å². The van der Waals surface area contributed by atoms with Crippen molar-refractivity contribution in [3.05, 3.63) is 34.9 Å². The summed E-state index contributed by atoms with van der Waals surface area (Å²) >= 11 is 0. The summed E-state index contributed by atoms with van der Waals surface area (Å²) in [6.45, 7) is 8.85. The summed E-state index contributed by atoms with van der Waals surface area (Å²) in [6.07, 6.45) is 6.05. The Morgan fingerprint density at radius 1 is 1.11 bits per heavy atom. The first kappa shape index (κ1) is 16.2. The van der Waals surface area contributed by atoms with Gasteiger partial charge in [0.15, 0.2) is 0 Å². The van der Waals surface area contributed by atoms with Crippen molar-refractivity contribution < 1.29 is 0 Å². The Hall–Kier alpha value is -0.860. The third kappa shape index (κ3) is 5.33. The Morgan fingerprint density at radius 2 is 1.74 bits per heavy atom. The number of hydrogen-bond donors (Lipinski definition) is 2. The first-order valence-corrected chi connectivity index (χ1v) is 7.64. The van der Waals surface area contributed by atoms with Gasteiger partial charge in [-0.05, 0) is 38.2 Å². The molecule has 1 aromatic rings. The summed E-state index contributed by atoms with van der Waals surface area (Å²) in [5.41, 5.74) is 7.13. The second-order valence-corrected chi connectivity index (χ2v) is 5.78. The second kappa shape index (κ2) is 8.34.